The Morgan fingerprint density at radius 3 is 2.42 bits per heavy atom. The Balaban J connectivity index is 2.13. The standard InChI is InChI=1S/C17H26FN/c1-4-19-17(14-7-9-16(18)10-8-14)15-6-5-12(2)13(3)11-15/h7-10,12-13,15,17,19H,4-6,11H2,1-3H3. The van der Waals surface area contributed by atoms with E-state index in [0.717, 1.165) is 18.4 Å². The van der Waals surface area contributed by atoms with Crippen LogP contribution in [0.3, 0.4) is 0 Å². The smallest absolute Gasteiger partial charge is 0.123 e. The molecule has 2 heteroatoms. The number of hydrogen-bond donors (Lipinski definition) is 1. The molecule has 1 aromatic carbocycles. The van der Waals surface area contributed by atoms with Gasteiger partial charge in [0.15, 0.2) is 0 Å². The van der Waals surface area contributed by atoms with Gasteiger partial charge in [-0.3, -0.25) is 0 Å². The van der Waals surface area contributed by atoms with Crippen LogP contribution in [0.5, 0.6) is 0 Å². The molecule has 0 aromatic heterocycles. The fourth-order valence-corrected chi connectivity index (χ4v) is 3.34. The zero-order valence-corrected chi connectivity index (χ0v) is 12.3. The van der Waals surface area contributed by atoms with E-state index in [-0.39, 0.29) is 5.82 Å². The van der Waals surface area contributed by atoms with Gasteiger partial charge in [0.1, 0.15) is 5.82 Å². The van der Waals surface area contributed by atoms with E-state index in [4.69, 9.17) is 0 Å². The van der Waals surface area contributed by atoms with Crippen molar-refractivity contribution in [1.82, 2.24) is 5.32 Å². The van der Waals surface area contributed by atoms with Gasteiger partial charge in [-0.25, -0.2) is 4.39 Å². The Kier molecular flexibility index (Phi) is 4.98. The summed E-state index contributed by atoms with van der Waals surface area (Å²) >= 11 is 0. The summed E-state index contributed by atoms with van der Waals surface area (Å²) < 4.78 is 13.1. The highest BCUT2D eigenvalue weighted by Gasteiger charge is 2.30. The first-order chi connectivity index (χ1) is 9.11. The molecule has 0 heterocycles. The summed E-state index contributed by atoms with van der Waals surface area (Å²) in [5, 5.41) is 3.60. The van der Waals surface area contributed by atoms with Crippen LogP contribution in [0.2, 0.25) is 0 Å². The monoisotopic (exact) mass is 263 g/mol. The van der Waals surface area contributed by atoms with Crippen molar-refractivity contribution in [2.45, 2.75) is 46.1 Å². The van der Waals surface area contributed by atoms with Crippen molar-refractivity contribution in [1.29, 1.82) is 0 Å². The van der Waals surface area contributed by atoms with E-state index in [0.29, 0.717) is 12.0 Å². The maximum absolute atomic E-state index is 13.1. The summed E-state index contributed by atoms with van der Waals surface area (Å²) in [4.78, 5) is 0. The Morgan fingerprint density at radius 1 is 1.16 bits per heavy atom. The predicted molar refractivity (Wildman–Crippen MR) is 78.5 cm³/mol. The van der Waals surface area contributed by atoms with E-state index in [1.807, 2.05) is 12.1 Å². The van der Waals surface area contributed by atoms with Crippen molar-refractivity contribution in [2.24, 2.45) is 17.8 Å². The lowest BCUT2D eigenvalue weighted by molar-refractivity contribution is 0.172. The lowest BCUT2D eigenvalue weighted by Gasteiger charge is -2.37. The summed E-state index contributed by atoms with van der Waals surface area (Å²) in [6, 6.07) is 7.40. The maximum atomic E-state index is 13.1. The molecule has 4 atom stereocenters. The summed E-state index contributed by atoms with van der Waals surface area (Å²) in [5.74, 6) is 2.16. The molecular formula is C17H26FN. The molecule has 0 spiro atoms. The molecule has 1 N–H and O–H groups in total. The Labute approximate surface area is 116 Å². The van der Waals surface area contributed by atoms with Gasteiger partial charge >= 0.3 is 0 Å². The van der Waals surface area contributed by atoms with Gasteiger partial charge in [0.2, 0.25) is 0 Å². The summed E-state index contributed by atoms with van der Waals surface area (Å²) in [5.41, 5.74) is 1.23. The van der Waals surface area contributed by atoms with Crippen LogP contribution in [0.15, 0.2) is 24.3 Å². The van der Waals surface area contributed by atoms with Crippen LogP contribution in [0.1, 0.15) is 51.6 Å². The van der Waals surface area contributed by atoms with Gasteiger partial charge in [0.05, 0.1) is 0 Å². The number of benzene rings is 1. The molecular weight excluding hydrogens is 237 g/mol. The molecule has 106 valence electrons. The predicted octanol–water partition coefficient (Wildman–Crippen LogP) is 4.55. The molecule has 0 saturated heterocycles. The lowest BCUT2D eigenvalue weighted by Crippen LogP contribution is -2.33. The van der Waals surface area contributed by atoms with Crippen LogP contribution in [0, 0.1) is 23.6 Å². The van der Waals surface area contributed by atoms with Crippen LogP contribution < -0.4 is 5.32 Å². The summed E-state index contributed by atoms with van der Waals surface area (Å²) in [7, 11) is 0. The van der Waals surface area contributed by atoms with Gasteiger partial charge in [-0.1, -0.05) is 39.3 Å². The highest BCUT2D eigenvalue weighted by molar-refractivity contribution is 5.21. The van der Waals surface area contributed by atoms with Gasteiger partial charge in [0.25, 0.3) is 0 Å². The summed E-state index contributed by atoms with van der Waals surface area (Å²) in [6.45, 7) is 7.83. The Bertz CT molecular complexity index is 387. The zero-order valence-electron chi connectivity index (χ0n) is 12.3. The molecule has 2 rings (SSSR count). The van der Waals surface area contributed by atoms with Crippen molar-refractivity contribution in [3.63, 3.8) is 0 Å². The zero-order chi connectivity index (χ0) is 13.8. The van der Waals surface area contributed by atoms with Crippen molar-refractivity contribution < 1.29 is 4.39 Å². The average molecular weight is 263 g/mol. The van der Waals surface area contributed by atoms with E-state index < -0.39 is 0 Å². The van der Waals surface area contributed by atoms with Crippen LogP contribution >= 0.6 is 0 Å². The Morgan fingerprint density at radius 2 is 1.84 bits per heavy atom. The normalized spacial score (nSPS) is 29.2. The minimum atomic E-state index is -0.148. The average Bonchev–Trinajstić information content (AvgIpc) is 2.41. The van der Waals surface area contributed by atoms with E-state index >= 15 is 0 Å². The topological polar surface area (TPSA) is 12.0 Å². The van der Waals surface area contributed by atoms with Gasteiger partial charge in [-0.15, -0.1) is 0 Å². The third-order valence-electron chi connectivity index (χ3n) is 4.76. The highest BCUT2D eigenvalue weighted by atomic mass is 19.1. The minimum absolute atomic E-state index is 0.148. The number of halogens is 1. The molecule has 0 bridgehead atoms. The fourth-order valence-electron chi connectivity index (χ4n) is 3.34. The van der Waals surface area contributed by atoms with Gasteiger partial charge in [-0.2, -0.15) is 0 Å². The van der Waals surface area contributed by atoms with E-state index in [9.17, 15) is 4.39 Å². The largest absolute Gasteiger partial charge is 0.310 e. The maximum Gasteiger partial charge on any atom is 0.123 e. The first-order valence-corrected chi connectivity index (χ1v) is 7.60. The first-order valence-electron chi connectivity index (χ1n) is 7.60. The number of hydrogen-bond acceptors (Lipinski definition) is 1. The molecule has 1 aromatic rings. The molecule has 0 aliphatic heterocycles. The molecule has 1 nitrogen and oxygen atoms in total. The van der Waals surface area contributed by atoms with Crippen molar-refractivity contribution >= 4 is 0 Å². The molecule has 0 radical (unpaired) electrons. The lowest BCUT2D eigenvalue weighted by atomic mass is 9.72. The van der Waals surface area contributed by atoms with E-state index in [1.165, 1.54) is 24.8 Å². The van der Waals surface area contributed by atoms with Crippen LogP contribution in [0.4, 0.5) is 4.39 Å². The third kappa shape index (κ3) is 3.56. The number of nitrogens with one attached hydrogen (secondary N) is 1. The van der Waals surface area contributed by atoms with Crippen molar-refractivity contribution in [3.05, 3.63) is 35.6 Å². The van der Waals surface area contributed by atoms with Crippen LogP contribution in [-0.2, 0) is 0 Å². The summed E-state index contributed by atoms with van der Waals surface area (Å²) in [6.07, 6.45) is 3.87. The highest BCUT2D eigenvalue weighted by Crippen LogP contribution is 2.39. The second kappa shape index (κ2) is 6.51. The van der Waals surface area contributed by atoms with Crippen molar-refractivity contribution in [2.75, 3.05) is 6.54 Å². The molecule has 1 saturated carbocycles. The van der Waals surface area contributed by atoms with E-state index in [1.54, 1.807) is 12.1 Å². The molecule has 1 fully saturated rings. The van der Waals surface area contributed by atoms with Gasteiger partial charge < -0.3 is 5.32 Å². The second-order valence-corrected chi connectivity index (χ2v) is 6.11. The molecule has 19 heavy (non-hydrogen) atoms. The number of rotatable bonds is 4. The molecule has 4 unspecified atom stereocenters. The fraction of sp³-hybridized carbons (Fsp3) is 0.647. The molecule has 0 amide bonds. The van der Waals surface area contributed by atoms with Crippen LogP contribution in [-0.4, -0.2) is 6.54 Å². The third-order valence-corrected chi connectivity index (χ3v) is 4.76. The van der Waals surface area contributed by atoms with Gasteiger partial charge in [0, 0.05) is 6.04 Å². The quantitative estimate of drug-likeness (QED) is 0.840. The molecule has 1 aliphatic carbocycles. The minimum Gasteiger partial charge on any atom is -0.310 e. The van der Waals surface area contributed by atoms with Crippen LogP contribution in [0.25, 0.3) is 0 Å². The second-order valence-electron chi connectivity index (χ2n) is 6.11. The van der Waals surface area contributed by atoms with Gasteiger partial charge in [-0.05, 0) is 54.8 Å². The Hall–Kier alpha value is -0.890. The molecule has 1 aliphatic rings. The SMILES string of the molecule is CCNC(c1ccc(F)cc1)C1CCC(C)C(C)C1. The van der Waals surface area contributed by atoms with E-state index in [2.05, 4.69) is 26.1 Å². The first kappa shape index (κ1) is 14.5. The van der Waals surface area contributed by atoms with Crippen molar-refractivity contribution in [3.8, 4) is 0 Å².